The number of amides is 1. The van der Waals surface area contributed by atoms with Crippen LogP contribution in [0, 0.1) is 22.7 Å². The second kappa shape index (κ2) is 9.60. The zero-order chi connectivity index (χ0) is 26.0. The van der Waals surface area contributed by atoms with Crippen molar-refractivity contribution in [3.05, 3.63) is 53.1 Å². The predicted molar refractivity (Wildman–Crippen MR) is 107 cm³/mol. The lowest BCUT2D eigenvalue weighted by Gasteiger charge is -2.27. The van der Waals surface area contributed by atoms with Crippen LogP contribution in [-0.4, -0.2) is 42.9 Å². The van der Waals surface area contributed by atoms with Gasteiger partial charge < -0.3 is 19.5 Å². The van der Waals surface area contributed by atoms with Gasteiger partial charge in [-0.3, -0.25) is 5.32 Å². The molecular weight excluding hydrogens is 486 g/mol. The normalized spacial score (nSPS) is 18.0. The summed E-state index contributed by atoms with van der Waals surface area (Å²) in [6, 6.07) is 8.99. The molecule has 0 unspecified atom stereocenters. The maximum absolute atomic E-state index is 13.6. The fourth-order valence-electron chi connectivity index (χ4n) is 3.36. The number of nitriles is 2. The van der Waals surface area contributed by atoms with Crippen molar-refractivity contribution in [2.24, 2.45) is 0 Å². The molecule has 8 nitrogen and oxygen atoms in total. The van der Waals surface area contributed by atoms with Gasteiger partial charge in [0, 0.05) is 5.69 Å². The molecule has 0 saturated carbocycles. The number of carbonyl (C=O) groups is 1. The summed E-state index contributed by atoms with van der Waals surface area (Å²) in [4.78, 5) is 11.5. The summed E-state index contributed by atoms with van der Waals surface area (Å²) in [6.07, 6.45) is -15.3. The van der Waals surface area contributed by atoms with E-state index in [4.69, 9.17) is 25.1 Å². The monoisotopic (exact) mass is 500 g/mol. The highest BCUT2D eigenvalue weighted by atomic mass is 19.4. The molecule has 0 aliphatic carbocycles. The van der Waals surface area contributed by atoms with Gasteiger partial charge in [0.25, 0.3) is 0 Å². The van der Waals surface area contributed by atoms with Gasteiger partial charge in [0.1, 0.15) is 18.5 Å². The number of nitrogens with one attached hydrogen (secondary N) is 1. The van der Waals surface area contributed by atoms with Crippen LogP contribution in [0.15, 0.2) is 36.4 Å². The van der Waals surface area contributed by atoms with Crippen molar-refractivity contribution in [3.8, 4) is 17.9 Å². The van der Waals surface area contributed by atoms with E-state index < -0.39 is 60.7 Å². The SMILES string of the molecule is N#Cc1ccc(OC[C@@H]2CN(c3ccc(C#N)c(C(F)(F)F)c3)[C@@H](C(F)(F)F)O2)c(NC(=O)O)c1. The number of halogens is 6. The van der Waals surface area contributed by atoms with Crippen molar-refractivity contribution in [1.29, 1.82) is 10.5 Å². The van der Waals surface area contributed by atoms with Gasteiger partial charge in [-0.1, -0.05) is 0 Å². The lowest BCUT2D eigenvalue weighted by atomic mass is 10.1. The molecule has 1 amide bonds. The molecule has 0 spiro atoms. The van der Waals surface area contributed by atoms with Gasteiger partial charge in [0.2, 0.25) is 6.23 Å². The zero-order valence-corrected chi connectivity index (χ0v) is 17.3. The molecule has 0 bridgehead atoms. The highest BCUT2D eigenvalue weighted by Crippen LogP contribution is 2.39. The predicted octanol–water partition coefficient (Wildman–Crippen LogP) is 4.71. The van der Waals surface area contributed by atoms with Crippen molar-refractivity contribution < 1.29 is 45.7 Å². The Bertz CT molecular complexity index is 1200. The number of carboxylic acid groups (broad SMARTS) is 1. The summed E-state index contributed by atoms with van der Waals surface area (Å²) < 4.78 is 91.1. The van der Waals surface area contributed by atoms with E-state index in [-0.39, 0.29) is 17.0 Å². The van der Waals surface area contributed by atoms with E-state index in [0.29, 0.717) is 11.0 Å². The van der Waals surface area contributed by atoms with Gasteiger partial charge in [-0.15, -0.1) is 0 Å². The van der Waals surface area contributed by atoms with Crippen molar-refractivity contribution >= 4 is 17.5 Å². The Morgan fingerprint density at radius 1 is 1.14 bits per heavy atom. The second-order valence-corrected chi connectivity index (χ2v) is 7.21. The van der Waals surface area contributed by atoms with Crippen molar-refractivity contribution in [2.75, 3.05) is 23.4 Å². The van der Waals surface area contributed by atoms with E-state index in [1.807, 2.05) is 5.32 Å². The molecule has 1 aliphatic heterocycles. The van der Waals surface area contributed by atoms with Crippen molar-refractivity contribution in [2.45, 2.75) is 24.7 Å². The molecule has 14 heteroatoms. The first-order valence-corrected chi connectivity index (χ1v) is 9.60. The standard InChI is InChI=1S/C21H14F6N4O4/c22-20(23,24)15-6-13(3-2-12(15)8-29)31-9-14(35-18(31)21(25,26)27)10-34-17-4-1-11(7-28)5-16(17)30-19(32)33/h1-6,14,18,30H,9-10H2,(H,32,33)/t14-,18+/m0/s1. The van der Waals surface area contributed by atoms with Crippen LogP contribution in [0.3, 0.4) is 0 Å². The number of alkyl halides is 6. The van der Waals surface area contributed by atoms with Crippen LogP contribution >= 0.6 is 0 Å². The number of rotatable bonds is 5. The van der Waals surface area contributed by atoms with Gasteiger partial charge in [0.05, 0.1) is 41.1 Å². The molecule has 2 atom stereocenters. The molecule has 0 aromatic heterocycles. The van der Waals surface area contributed by atoms with E-state index >= 15 is 0 Å². The molecule has 1 saturated heterocycles. The number of hydrogen-bond acceptors (Lipinski definition) is 6. The summed E-state index contributed by atoms with van der Waals surface area (Å²) in [5.41, 5.74) is -2.65. The minimum Gasteiger partial charge on any atom is -0.489 e. The lowest BCUT2D eigenvalue weighted by Crippen LogP contribution is -2.42. The number of anilines is 2. The number of benzene rings is 2. The van der Waals surface area contributed by atoms with Crippen LogP contribution in [0.1, 0.15) is 16.7 Å². The summed E-state index contributed by atoms with van der Waals surface area (Å²) in [6.45, 7) is -1.04. The van der Waals surface area contributed by atoms with Crippen molar-refractivity contribution in [1.82, 2.24) is 0 Å². The lowest BCUT2D eigenvalue weighted by molar-refractivity contribution is -0.215. The second-order valence-electron chi connectivity index (χ2n) is 7.21. The quantitative estimate of drug-likeness (QED) is 0.571. The minimum atomic E-state index is -4.98. The number of hydrogen-bond donors (Lipinski definition) is 2. The molecule has 2 aromatic carbocycles. The third-order valence-corrected chi connectivity index (χ3v) is 4.82. The largest absolute Gasteiger partial charge is 0.489 e. The molecular formula is C21H14F6N4O4. The molecule has 1 fully saturated rings. The van der Waals surface area contributed by atoms with E-state index in [0.717, 1.165) is 18.2 Å². The molecule has 35 heavy (non-hydrogen) atoms. The van der Waals surface area contributed by atoms with Crippen LogP contribution in [0.4, 0.5) is 42.5 Å². The minimum absolute atomic E-state index is 0.0859. The smallest absolute Gasteiger partial charge is 0.433 e. The Hall–Kier alpha value is -4.17. The fraction of sp³-hybridized carbons (Fsp3) is 0.286. The van der Waals surface area contributed by atoms with E-state index in [1.165, 1.54) is 18.2 Å². The van der Waals surface area contributed by atoms with Crippen LogP contribution < -0.4 is 15.0 Å². The van der Waals surface area contributed by atoms with Crippen molar-refractivity contribution in [3.63, 3.8) is 0 Å². The third kappa shape index (κ3) is 5.85. The highest BCUT2D eigenvalue weighted by molar-refractivity contribution is 5.85. The Morgan fingerprint density at radius 3 is 2.43 bits per heavy atom. The van der Waals surface area contributed by atoms with Crippen LogP contribution in [0.25, 0.3) is 0 Å². The molecule has 1 aliphatic rings. The van der Waals surface area contributed by atoms with E-state index in [1.54, 1.807) is 6.07 Å². The summed E-state index contributed by atoms with van der Waals surface area (Å²) in [5, 5.41) is 28.8. The van der Waals surface area contributed by atoms with Crippen LogP contribution in [0.2, 0.25) is 0 Å². The number of ether oxygens (including phenoxy) is 2. The molecule has 184 valence electrons. The van der Waals surface area contributed by atoms with Crippen LogP contribution in [0.5, 0.6) is 5.75 Å². The maximum Gasteiger partial charge on any atom is 0.433 e. The zero-order valence-electron chi connectivity index (χ0n) is 17.3. The first-order chi connectivity index (χ1) is 16.3. The average molecular weight is 500 g/mol. The van der Waals surface area contributed by atoms with Gasteiger partial charge in [0.15, 0.2) is 0 Å². The van der Waals surface area contributed by atoms with Gasteiger partial charge in [-0.05, 0) is 36.4 Å². The molecule has 2 aromatic rings. The number of nitrogens with zero attached hydrogens (tertiary/aromatic N) is 3. The Kier molecular flexibility index (Phi) is 6.98. The highest BCUT2D eigenvalue weighted by Gasteiger charge is 2.51. The Balaban J connectivity index is 1.86. The topological polar surface area (TPSA) is 119 Å². The summed E-state index contributed by atoms with van der Waals surface area (Å²) in [5.74, 6) is -0.102. The Morgan fingerprint density at radius 2 is 1.86 bits per heavy atom. The molecule has 1 heterocycles. The van der Waals surface area contributed by atoms with E-state index in [2.05, 4.69) is 0 Å². The molecule has 2 N–H and O–H groups in total. The summed E-state index contributed by atoms with van der Waals surface area (Å²) >= 11 is 0. The van der Waals surface area contributed by atoms with E-state index in [9.17, 15) is 31.1 Å². The molecule has 3 rings (SSSR count). The van der Waals surface area contributed by atoms with Gasteiger partial charge in [-0.2, -0.15) is 36.9 Å². The van der Waals surface area contributed by atoms with Crippen LogP contribution in [-0.2, 0) is 10.9 Å². The first kappa shape index (κ1) is 25.5. The fourth-order valence-corrected chi connectivity index (χ4v) is 3.36. The summed E-state index contributed by atoms with van der Waals surface area (Å²) in [7, 11) is 0. The average Bonchev–Trinajstić information content (AvgIpc) is 3.21. The molecule has 0 radical (unpaired) electrons. The van der Waals surface area contributed by atoms with Gasteiger partial charge >= 0.3 is 18.4 Å². The third-order valence-electron chi connectivity index (χ3n) is 4.82. The Labute approximate surface area is 193 Å². The first-order valence-electron chi connectivity index (χ1n) is 9.60. The van der Waals surface area contributed by atoms with Gasteiger partial charge in [-0.25, -0.2) is 4.79 Å². The maximum atomic E-state index is 13.6.